The number of halogens is 2. The zero-order valence-electron chi connectivity index (χ0n) is 11.6. The van der Waals surface area contributed by atoms with Crippen molar-refractivity contribution >= 4 is 27.5 Å². The first kappa shape index (κ1) is 16.2. The molecule has 0 radical (unpaired) electrons. The van der Waals surface area contributed by atoms with Gasteiger partial charge in [0.05, 0.1) is 15.5 Å². The van der Waals surface area contributed by atoms with E-state index in [4.69, 9.17) is 16.7 Å². The monoisotopic (exact) mass is 334 g/mol. The van der Waals surface area contributed by atoms with Crippen LogP contribution in [0.4, 0.5) is 4.39 Å². The summed E-state index contributed by atoms with van der Waals surface area (Å²) in [5.41, 5.74) is -0.368. The van der Waals surface area contributed by atoms with Crippen molar-refractivity contribution in [2.75, 3.05) is 0 Å². The number of likely N-dealkylation sites (tertiary alicyclic amines) is 1. The molecule has 2 rings (SSSR count). The second-order valence-corrected chi connectivity index (χ2v) is 7.27. The zero-order chi connectivity index (χ0) is 15.9. The summed E-state index contributed by atoms with van der Waals surface area (Å²) in [4.78, 5) is 13.7. The highest BCUT2D eigenvalue weighted by molar-refractivity contribution is 7.89. The molecule has 1 aliphatic rings. The van der Waals surface area contributed by atoms with Crippen LogP contribution in [-0.2, 0) is 10.0 Å². The summed E-state index contributed by atoms with van der Waals surface area (Å²) in [5.74, 6) is -1.50. The molecule has 5 nitrogen and oxygen atoms in total. The number of hydrogen-bond acceptors (Lipinski definition) is 3. The number of benzene rings is 1. The van der Waals surface area contributed by atoms with Gasteiger partial charge in [-0.05, 0) is 38.8 Å². The number of carbonyl (C=O) groups is 1. The first-order valence-corrected chi connectivity index (χ1v) is 8.40. The van der Waals surface area contributed by atoms with Crippen LogP contribution in [0.15, 0.2) is 17.0 Å². The Kier molecular flexibility index (Phi) is 4.28. The molecule has 1 aromatic rings. The molecular weight excluding hydrogens is 319 g/mol. The molecule has 1 amide bonds. The fourth-order valence-electron chi connectivity index (χ4n) is 2.62. The van der Waals surface area contributed by atoms with Crippen LogP contribution in [0.1, 0.15) is 37.0 Å². The molecule has 0 spiro atoms. The average Bonchev–Trinajstić information content (AvgIpc) is 2.70. The van der Waals surface area contributed by atoms with E-state index in [-0.39, 0.29) is 22.5 Å². The number of primary sulfonamides is 1. The lowest BCUT2D eigenvalue weighted by molar-refractivity contribution is 0.0687. The zero-order valence-corrected chi connectivity index (χ0v) is 13.2. The topological polar surface area (TPSA) is 80.5 Å². The molecule has 1 fully saturated rings. The van der Waals surface area contributed by atoms with Crippen LogP contribution < -0.4 is 5.14 Å². The van der Waals surface area contributed by atoms with Gasteiger partial charge in [-0.1, -0.05) is 11.6 Å². The Morgan fingerprint density at radius 1 is 1.33 bits per heavy atom. The van der Waals surface area contributed by atoms with E-state index in [2.05, 4.69) is 0 Å². The molecule has 2 N–H and O–H groups in total. The fraction of sp³-hybridized carbons (Fsp3) is 0.462. The van der Waals surface area contributed by atoms with Crippen LogP contribution >= 0.6 is 11.6 Å². The van der Waals surface area contributed by atoms with Crippen molar-refractivity contribution in [1.29, 1.82) is 0 Å². The van der Waals surface area contributed by atoms with Crippen LogP contribution in [0.25, 0.3) is 0 Å². The number of nitrogens with zero attached hydrogens (tertiary/aromatic N) is 1. The van der Waals surface area contributed by atoms with E-state index in [1.807, 2.05) is 13.8 Å². The summed E-state index contributed by atoms with van der Waals surface area (Å²) in [6.07, 6.45) is 1.63. The van der Waals surface area contributed by atoms with Gasteiger partial charge < -0.3 is 4.90 Å². The number of sulfonamides is 1. The van der Waals surface area contributed by atoms with Gasteiger partial charge in [0.2, 0.25) is 10.0 Å². The molecular formula is C13H16ClFN2O3S. The molecule has 2 unspecified atom stereocenters. The van der Waals surface area contributed by atoms with Gasteiger partial charge in [-0.3, -0.25) is 4.79 Å². The van der Waals surface area contributed by atoms with Crippen molar-refractivity contribution in [3.8, 4) is 0 Å². The lowest BCUT2D eigenvalue weighted by atomic mass is 10.1. The summed E-state index contributed by atoms with van der Waals surface area (Å²) in [6.45, 7) is 3.73. The maximum Gasteiger partial charge on any atom is 0.257 e. The molecule has 8 heteroatoms. The third kappa shape index (κ3) is 3.04. The van der Waals surface area contributed by atoms with Crippen LogP contribution in [0.3, 0.4) is 0 Å². The molecule has 1 aromatic carbocycles. The van der Waals surface area contributed by atoms with E-state index in [1.165, 1.54) is 0 Å². The summed E-state index contributed by atoms with van der Waals surface area (Å²) >= 11 is 5.68. The molecule has 2 atom stereocenters. The van der Waals surface area contributed by atoms with Gasteiger partial charge in [0.15, 0.2) is 5.82 Å². The van der Waals surface area contributed by atoms with Gasteiger partial charge in [0, 0.05) is 12.1 Å². The van der Waals surface area contributed by atoms with Crippen molar-refractivity contribution in [2.45, 2.75) is 43.7 Å². The number of rotatable bonds is 2. The quantitative estimate of drug-likeness (QED) is 0.899. The largest absolute Gasteiger partial charge is 0.333 e. The SMILES string of the molecule is CC1CCC(C)N1C(=O)c1cc(S(N)(=O)=O)cc(Cl)c1F. The normalized spacial score (nSPS) is 22.6. The molecule has 0 bridgehead atoms. The summed E-state index contributed by atoms with van der Waals surface area (Å²) < 4.78 is 36.9. The molecule has 1 aliphatic heterocycles. The van der Waals surface area contributed by atoms with Gasteiger partial charge in [0.25, 0.3) is 5.91 Å². The summed E-state index contributed by atoms with van der Waals surface area (Å²) in [6, 6.07) is 1.77. The Labute approximate surface area is 127 Å². The van der Waals surface area contributed by atoms with Crippen LogP contribution in [0.5, 0.6) is 0 Å². The maximum absolute atomic E-state index is 14.1. The average molecular weight is 335 g/mol. The van der Waals surface area contributed by atoms with Gasteiger partial charge in [-0.25, -0.2) is 17.9 Å². The Bertz CT molecular complexity index is 683. The first-order chi connectivity index (χ1) is 9.62. The summed E-state index contributed by atoms with van der Waals surface area (Å²) in [5, 5.41) is 4.58. The van der Waals surface area contributed by atoms with Crippen molar-refractivity contribution < 1.29 is 17.6 Å². The van der Waals surface area contributed by atoms with Crippen molar-refractivity contribution in [1.82, 2.24) is 4.90 Å². The lowest BCUT2D eigenvalue weighted by Gasteiger charge is -2.26. The Hall–Kier alpha value is -1.18. The standard InChI is InChI=1S/C13H16ClFN2O3S/c1-7-3-4-8(2)17(7)13(18)10-5-9(21(16,19)20)6-11(14)12(10)15/h5-8H,3-4H2,1-2H3,(H2,16,19,20). The van der Waals surface area contributed by atoms with E-state index in [1.54, 1.807) is 4.90 Å². The third-order valence-corrected chi connectivity index (χ3v) is 4.91. The number of hydrogen-bond donors (Lipinski definition) is 1. The van der Waals surface area contributed by atoms with E-state index in [9.17, 15) is 17.6 Å². The second kappa shape index (κ2) is 5.55. The Morgan fingerprint density at radius 3 is 2.33 bits per heavy atom. The molecule has 1 heterocycles. The predicted octanol–water partition coefficient (Wildman–Crippen LogP) is 2.14. The Balaban J connectivity index is 2.53. The molecule has 116 valence electrons. The summed E-state index contributed by atoms with van der Waals surface area (Å²) in [7, 11) is -4.07. The van der Waals surface area contributed by atoms with Crippen molar-refractivity contribution in [2.24, 2.45) is 5.14 Å². The lowest BCUT2D eigenvalue weighted by Crippen LogP contribution is -2.39. The fourth-order valence-corrected chi connectivity index (χ4v) is 3.47. The highest BCUT2D eigenvalue weighted by atomic mass is 35.5. The van der Waals surface area contributed by atoms with Crippen molar-refractivity contribution in [3.05, 3.63) is 28.5 Å². The van der Waals surface area contributed by atoms with Crippen LogP contribution in [0.2, 0.25) is 5.02 Å². The van der Waals surface area contributed by atoms with Crippen LogP contribution in [-0.4, -0.2) is 31.3 Å². The third-order valence-electron chi connectivity index (χ3n) is 3.75. The molecule has 0 aromatic heterocycles. The Morgan fingerprint density at radius 2 is 1.86 bits per heavy atom. The number of carbonyl (C=O) groups excluding carboxylic acids is 1. The number of nitrogens with two attached hydrogens (primary N) is 1. The highest BCUT2D eigenvalue weighted by Crippen LogP contribution is 2.29. The van der Waals surface area contributed by atoms with Gasteiger partial charge in [-0.2, -0.15) is 0 Å². The minimum absolute atomic E-state index is 0.0381. The van der Waals surface area contributed by atoms with E-state index in [0.29, 0.717) is 0 Å². The molecule has 0 aliphatic carbocycles. The van der Waals surface area contributed by atoms with E-state index in [0.717, 1.165) is 25.0 Å². The second-order valence-electron chi connectivity index (χ2n) is 5.30. The minimum Gasteiger partial charge on any atom is -0.333 e. The van der Waals surface area contributed by atoms with Gasteiger partial charge in [0.1, 0.15) is 0 Å². The predicted molar refractivity (Wildman–Crippen MR) is 77.1 cm³/mol. The van der Waals surface area contributed by atoms with Gasteiger partial charge in [-0.15, -0.1) is 0 Å². The maximum atomic E-state index is 14.1. The molecule has 0 saturated carbocycles. The minimum atomic E-state index is -4.07. The van der Waals surface area contributed by atoms with Crippen molar-refractivity contribution in [3.63, 3.8) is 0 Å². The van der Waals surface area contributed by atoms with E-state index < -0.39 is 26.8 Å². The smallest absolute Gasteiger partial charge is 0.257 e. The van der Waals surface area contributed by atoms with E-state index >= 15 is 0 Å². The molecule has 21 heavy (non-hydrogen) atoms. The molecule has 1 saturated heterocycles. The highest BCUT2D eigenvalue weighted by Gasteiger charge is 2.34. The van der Waals surface area contributed by atoms with Gasteiger partial charge >= 0.3 is 0 Å². The first-order valence-electron chi connectivity index (χ1n) is 6.47. The number of amides is 1. The van der Waals surface area contributed by atoms with Crippen LogP contribution in [0, 0.1) is 5.82 Å².